The fourth-order valence-electron chi connectivity index (χ4n) is 2.49. The highest BCUT2D eigenvalue weighted by molar-refractivity contribution is 9.10. The number of alkyl halides is 1. The molecular weight excluding hydrogens is 458 g/mol. The number of fused-ring (bicyclic) bond motifs is 1. The molecule has 1 aromatic heterocycles. The van der Waals surface area contributed by atoms with Crippen molar-refractivity contribution in [1.29, 1.82) is 0 Å². The molecule has 4 nitrogen and oxygen atoms in total. The zero-order valence-corrected chi connectivity index (χ0v) is 16.7. The minimum Gasteiger partial charge on any atom is -0.293 e. The fraction of sp³-hybridized carbons (Fsp3) is 0.118. The lowest BCUT2D eigenvalue weighted by Gasteiger charge is -2.08. The van der Waals surface area contributed by atoms with Crippen molar-refractivity contribution in [3.8, 4) is 0 Å². The summed E-state index contributed by atoms with van der Waals surface area (Å²) in [5.74, 6) is -0.170. The highest BCUT2D eigenvalue weighted by Crippen LogP contribution is 2.29. The lowest BCUT2D eigenvalue weighted by atomic mass is 10.1. The van der Waals surface area contributed by atoms with Crippen molar-refractivity contribution in [3.05, 3.63) is 64.3 Å². The average molecular weight is 471 g/mol. The zero-order chi connectivity index (χ0) is 17.5. The Kier molecular flexibility index (Phi) is 4.68. The molecule has 3 rings (SSSR count). The third kappa shape index (κ3) is 2.96. The van der Waals surface area contributed by atoms with Gasteiger partial charge in [0.2, 0.25) is 0 Å². The van der Waals surface area contributed by atoms with E-state index in [2.05, 4.69) is 31.9 Å². The van der Waals surface area contributed by atoms with Gasteiger partial charge in [-0.05, 0) is 37.3 Å². The number of aromatic nitrogens is 1. The standard InChI is InChI=1S/C17H13Br2NO3S/c1-11-2-5-13(6-3-11)24(22,23)20-10-15(17(21)9-18)14-8-12(19)4-7-16(14)20/h2-8,10H,9H2,1H3. The van der Waals surface area contributed by atoms with Crippen molar-refractivity contribution < 1.29 is 13.2 Å². The van der Waals surface area contributed by atoms with Crippen LogP contribution in [0.3, 0.4) is 0 Å². The highest BCUT2D eigenvalue weighted by Gasteiger charge is 2.23. The monoisotopic (exact) mass is 469 g/mol. The van der Waals surface area contributed by atoms with E-state index in [0.717, 1.165) is 10.0 Å². The number of hydrogen-bond donors (Lipinski definition) is 0. The lowest BCUT2D eigenvalue weighted by Crippen LogP contribution is -2.12. The molecule has 0 aliphatic carbocycles. The van der Waals surface area contributed by atoms with Gasteiger partial charge in [0, 0.05) is 21.6 Å². The maximum atomic E-state index is 13.0. The van der Waals surface area contributed by atoms with E-state index in [1.165, 1.54) is 10.2 Å². The molecule has 0 fully saturated rings. The Morgan fingerprint density at radius 1 is 1.12 bits per heavy atom. The van der Waals surface area contributed by atoms with Crippen LogP contribution in [-0.4, -0.2) is 23.5 Å². The number of benzene rings is 2. The summed E-state index contributed by atoms with van der Waals surface area (Å²) in [6.07, 6.45) is 1.40. The van der Waals surface area contributed by atoms with Crippen LogP contribution in [0.2, 0.25) is 0 Å². The van der Waals surface area contributed by atoms with E-state index < -0.39 is 10.0 Å². The van der Waals surface area contributed by atoms with Gasteiger partial charge >= 0.3 is 0 Å². The molecule has 124 valence electrons. The van der Waals surface area contributed by atoms with Crippen molar-refractivity contribution in [2.24, 2.45) is 0 Å². The summed E-state index contributed by atoms with van der Waals surface area (Å²) < 4.78 is 28.0. The van der Waals surface area contributed by atoms with E-state index in [9.17, 15) is 13.2 Å². The highest BCUT2D eigenvalue weighted by atomic mass is 79.9. The van der Waals surface area contributed by atoms with Crippen LogP contribution in [0.5, 0.6) is 0 Å². The number of aryl methyl sites for hydroxylation is 1. The Morgan fingerprint density at radius 2 is 1.79 bits per heavy atom. The number of carbonyl (C=O) groups is 1. The smallest absolute Gasteiger partial charge is 0.268 e. The Morgan fingerprint density at radius 3 is 2.42 bits per heavy atom. The number of carbonyl (C=O) groups excluding carboxylic acids is 1. The van der Waals surface area contributed by atoms with Gasteiger partial charge in [0.25, 0.3) is 10.0 Å². The molecular formula is C17H13Br2NO3S. The molecule has 24 heavy (non-hydrogen) atoms. The summed E-state index contributed by atoms with van der Waals surface area (Å²) in [5.41, 5.74) is 1.83. The molecule has 0 aliphatic rings. The molecule has 0 aliphatic heterocycles. The number of nitrogens with zero attached hydrogens (tertiary/aromatic N) is 1. The molecule has 0 bridgehead atoms. The number of halogens is 2. The van der Waals surface area contributed by atoms with Crippen LogP contribution >= 0.6 is 31.9 Å². The van der Waals surface area contributed by atoms with Crippen LogP contribution in [0.15, 0.2) is 58.0 Å². The second-order valence-corrected chi connectivity index (χ2v) is 8.67. The molecule has 7 heteroatoms. The van der Waals surface area contributed by atoms with E-state index in [0.29, 0.717) is 16.5 Å². The molecule has 0 saturated carbocycles. The molecule has 0 amide bonds. The van der Waals surface area contributed by atoms with E-state index in [1.807, 2.05) is 6.92 Å². The first-order valence-electron chi connectivity index (χ1n) is 7.06. The number of hydrogen-bond acceptors (Lipinski definition) is 3. The first kappa shape index (κ1) is 17.4. The maximum Gasteiger partial charge on any atom is 0.268 e. The Balaban J connectivity index is 2.30. The number of rotatable bonds is 4. The molecule has 0 radical (unpaired) electrons. The van der Waals surface area contributed by atoms with Crippen LogP contribution in [0.4, 0.5) is 0 Å². The van der Waals surface area contributed by atoms with Crippen molar-refractivity contribution in [1.82, 2.24) is 3.97 Å². The number of Topliss-reactive ketones (excluding diaryl/α,β-unsaturated/α-hetero) is 1. The van der Waals surface area contributed by atoms with Crippen molar-refractivity contribution >= 4 is 58.6 Å². The van der Waals surface area contributed by atoms with Crippen molar-refractivity contribution in [2.45, 2.75) is 11.8 Å². The summed E-state index contributed by atoms with van der Waals surface area (Å²) in [6, 6.07) is 11.8. The minimum absolute atomic E-state index is 0.128. The summed E-state index contributed by atoms with van der Waals surface area (Å²) in [5, 5.41) is 0.730. The first-order valence-corrected chi connectivity index (χ1v) is 10.4. The Bertz CT molecular complexity index is 1040. The van der Waals surface area contributed by atoms with Crippen LogP contribution in [0, 0.1) is 6.92 Å². The van der Waals surface area contributed by atoms with E-state index in [1.54, 1.807) is 42.5 Å². The van der Waals surface area contributed by atoms with Gasteiger partial charge in [-0.3, -0.25) is 4.79 Å². The molecule has 3 aromatic rings. The van der Waals surface area contributed by atoms with E-state index in [4.69, 9.17) is 0 Å². The van der Waals surface area contributed by atoms with Gasteiger partial charge in [0.05, 0.1) is 15.7 Å². The summed E-state index contributed by atoms with van der Waals surface area (Å²) in [7, 11) is -3.78. The molecule has 2 aromatic carbocycles. The fourth-order valence-corrected chi connectivity index (χ4v) is 4.52. The molecule has 0 N–H and O–H groups in total. The summed E-state index contributed by atoms with van der Waals surface area (Å²) in [4.78, 5) is 12.4. The molecule has 1 heterocycles. The van der Waals surface area contributed by atoms with Crippen LogP contribution in [-0.2, 0) is 10.0 Å². The first-order chi connectivity index (χ1) is 11.3. The average Bonchev–Trinajstić information content (AvgIpc) is 2.94. The van der Waals surface area contributed by atoms with Crippen LogP contribution in [0.25, 0.3) is 10.9 Å². The Hall–Kier alpha value is -1.44. The van der Waals surface area contributed by atoms with Gasteiger partial charge in [-0.1, -0.05) is 49.6 Å². The predicted octanol–water partition coefficient (Wildman–Crippen LogP) is 4.53. The van der Waals surface area contributed by atoms with Gasteiger partial charge in [-0.15, -0.1) is 0 Å². The van der Waals surface area contributed by atoms with Crippen molar-refractivity contribution in [3.63, 3.8) is 0 Å². The van der Waals surface area contributed by atoms with Gasteiger partial charge < -0.3 is 0 Å². The third-order valence-corrected chi connectivity index (χ3v) is 6.42. The third-order valence-electron chi connectivity index (χ3n) is 3.73. The Labute approximate surface area is 156 Å². The SMILES string of the molecule is Cc1ccc(S(=O)(=O)n2cc(C(=O)CBr)c3cc(Br)ccc32)cc1. The second-order valence-electron chi connectivity index (χ2n) is 5.37. The number of ketones is 1. The van der Waals surface area contributed by atoms with Gasteiger partial charge in [0.1, 0.15) is 0 Å². The zero-order valence-electron chi connectivity index (χ0n) is 12.7. The minimum atomic E-state index is -3.78. The quantitative estimate of drug-likeness (QED) is 0.415. The van der Waals surface area contributed by atoms with E-state index in [-0.39, 0.29) is 16.0 Å². The molecule has 0 spiro atoms. The topological polar surface area (TPSA) is 56.1 Å². The predicted molar refractivity (Wildman–Crippen MR) is 102 cm³/mol. The summed E-state index contributed by atoms with van der Waals surface area (Å²) >= 11 is 6.52. The van der Waals surface area contributed by atoms with Gasteiger partial charge in [-0.25, -0.2) is 12.4 Å². The summed E-state index contributed by atoms with van der Waals surface area (Å²) in [6.45, 7) is 1.89. The molecule has 0 atom stereocenters. The van der Waals surface area contributed by atoms with Gasteiger partial charge in [0.15, 0.2) is 5.78 Å². The van der Waals surface area contributed by atoms with E-state index >= 15 is 0 Å². The molecule has 0 unspecified atom stereocenters. The normalized spacial score (nSPS) is 11.8. The van der Waals surface area contributed by atoms with Crippen LogP contribution < -0.4 is 0 Å². The van der Waals surface area contributed by atoms with Crippen molar-refractivity contribution in [2.75, 3.05) is 5.33 Å². The maximum absolute atomic E-state index is 13.0. The van der Waals surface area contributed by atoms with Crippen LogP contribution in [0.1, 0.15) is 15.9 Å². The molecule has 0 saturated heterocycles. The largest absolute Gasteiger partial charge is 0.293 e. The van der Waals surface area contributed by atoms with Gasteiger partial charge in [-0.2, -0.15) is 0 Å². The lowest BCUT2D eigenvalue weighted by molar-refractivity contribution is 0.102. The second kappa shape index (κ2) is 6.46.